The van der Waals surface area contributed by atoms with Gasteiger partial charge in [-0.1, -0.05) is 0 Å². The van der Waals surface area contributed by atoms with Gasteiger partial charge in [0.05, 0.1) is 5.75 Å². The predicted molar refractivity (Wildman–Crippen MR) is 96.8 cm³/mol. The minimum atomic E-state index is -3.23. The molecule has 2 aliphatic rings. The van der Waals surface area contributed by atoms with Gasteiger partial charge in [0.25, 0.3) is 5.91 Å². The Bertz CT molecular complexity index is 818. The van der Waals surface area contributed by atoms with Gasteiger partial charge >= 0.3 is 0 Å². The predicted octanol–water partition coefficient (Wildman–Crippen LogP) is 0.281. The Balaban J connectivity index is 1.50. The number of ether oxygens (including phenoxy) is 2. The molecule has 0 saturated carbocycles. The zero-order valence-corrected chi connectivity index (χ0v) is 15.9. The minimum Gasteiger partial charge on any atom is -0.486 e. The molecule has 0 spiro atoms. The second-order valence-electron chi connectivity index (χ2n) is 6.38. The number of hydrazine groups is 1. The van der Waals surface area contributed by atoms with Gasteiger partial charge in [0, 0.05) is 24.6 Å². The summed E-state index contributed by atoms with van der Waals surface area (Å²) in [6.07, 6.45) is 0.843. The molecule has 2 heterocycles. The van der Waals surface area contributed by atoms with Gasteiger partial charge in [-0.05, 0) is 38.0 Å². The number of rotatable bonds is 4. The van der Waals surface area contributed by atoms with Crippen LogP contribution in [-0.2, 0) is 14.8 Å². The molecule has 2 aliphatic heterocycles. The molecule has 1 aromatic carbocycles. The maximum Gasteiger partial charge on any atom is 0.269 e. The van der Waals surface area contributed by atoms with Crippen molar-refractivity contribution >= 4 is 21.8 Å². The number of benzene rings is 1. The Morgan fingerprint density at radius 1 is 1.11 bits per heavy atom. The van der Waals surface area contributed by atoms with E-state index in [2.05, 4.69) is 10.9 Å². The highest BCUT2D eigenvalue weighted by Gasteiger charge is 2.30. The second-order valence-corrected chi connectivity index (χ2v) is 8.63. The number of fused-ring (bicyclic) bond motifs is 1. The van der Waals surface area contributed by atoms with E-state index < -0.39 is 15.9 Å². The molecule has 0 aliphatic carbocycles. The summed E-state index contributed by atoms with van der Waals surface area (Å²) in [4.78, 5) is 24.5. The van der Waals surface area contributed by atoms with Gasteiger partial charge in [-0.3, -0.25) is 20.4 Å². The highest BCUT2D eigenvalue weighted by Crippen LogP contribution is 2.30. The molecule has 148 valence electrons. The molecule has 3 rings (SSSR count). The first-order valence-electron chi connectivity index (χ1n) is 8.88. The summed E-state index contributed by atoms with van der Waals surface area (Å²) in [7, 11) is -3.23. The molecular weight excluding hydrogens is 374 g/mol. The van der Waals surface area contributed by atoms with Crippen LogP contribution in [0.25, 0.3) is 0 Å². The summed E-state index contributed by atoms with van der Waals surface area (Å²) in [5.41, 5.74) is 5.14. The third-order valence-electron chi connectivity index (χ3n) is 4.69. The maximum absolute atomic E-state index is 12.3. The average Bonchev–Trinajstić information content (AvgIpc) is 2.71. The fourth-order valence-corrected chi connectivity index (χ4v) is 4.19. The number of hydrogen-bond acceptors (Lipinski definition) is 6. The van der Waals surface area contributed by atoms with Crippen LogP contribution >= 0.6 is 0 Å². The fourth-order valence-electron chi connectivity index (χ4n) is 3.06. The third-order valence-corrected chi connectivity index (χ3v) is 6.57. The van der Waals surface area contributed by atoms with Crippen molar-refractivity contribution < 1.29 is 27.5 Å². The van der Waals surface area contributed by atoms with Gasteiger partial charge in [-0.25, -0.2) is 12.7 Å². The van der Waals surface area contributed by atoms with Crippen LogP contribution in [0.15, 0.2) is 18.2 Å². The van der Waals surface area contributed by atoms with E-state index in [1.165, 1.54) is 4.31 Å². The molecule has 0 aromatic heterocycles. The molecule has 1 aromatic rings. The van der Waals surface area contributed by atoms with Crippen molar-refractivity contribution in [1.29, 1.82) is 0 Å². The Morgan fingerprint density at radius 3 is 2.44 bits per heavy atom. The van der Waals surface area contributed by atoms with Crippen molar-refractivity contribution in [2.24, 2.45) is 5.92 Å². The Morgan fingerprint density at radius 2 is 1.78 bits per heavy atom. The number of carbonyl (C=O) groups is 2. The van der Waals surface area contributed by atoms with Crippen LogP contribution in [-0.4, -0.2) is 56.6 Å². The second kappa shape index (κ2) is 8.13. The number of carbonyl (C=O) groups excluding carboxylic acids is 2. The van der Waals surface area contributed by atoms with Gasteiger partial charge in [-0.2, -0.15) is 0 Å². The van der Waals surface area contributed by atoms with E-state index in [0.717, 1.165) is 0 Å². The zero-order valence-electron chi connectivity index (χ0n) is 15.1. The van der Waals surface area contributed by atoms with Crippen LogP contribution in [0.2, 0.25) is 0 Å². The number of hydrogen-bond donors (Lipinski definition) is 2. The van der Waals surface area contributed by atoms with E-state index >= 15 is 0 Å². The third kappa shape index (κ3) is 4.51. The number of piperidine rings is 1. The molecule has 0 atom stereocenters. The Kier molecular flexibility index (Phi) is 5.85. The van der Waals surface area contributed by atoms with Crippen LogP contribution in [0.4, 0.5) is 0 Å². The lowest BCUT2D eigenvalue weighted by Crippen LogP contribution is -2.48. The van der Waals surface area contributed by atoms with E-state index in [1.807, 2.05) is 0 Å². The van der Waals surface area contributed by atoms with Crippen molar-refractivity contribution in [2.75, 3.05) is 32.1 Å². The Hall–Kier alpha value is -2.33. The fraction of sp³-hybridized carbons (Fsp3) is 0.529. The van der Waals surface area contributed by atoms with Crippen molar-refractivity contribution in [1.82, 2.24) is 15.2 Å². The minimum absolute atomic E-state index is 0.0510. The molecule has 2 N–H and O–H groups in total. The van der Waals surface area contributed by atoms with Crippen molar-refractivity contribution in [2.45, 2.75) is 19.8 Å². The summed E-state index contributed by atoms with van der Waals surface area (Å²) in [6, 6.07) is 4.79. The van der Waals surface area contributed by atoms with Crippen molar-refractivity contribution in [3.8, 4) is 11.5 Å². The van der Waals surface area contributed by atoms with Crippen LogP contribution < -0.4 is 20.3 Å². The van der Waals surface area contributed by atoms with Crippen LogP contribution in [0.1, 0.15) is 30.1 Å². The number of amides is 2. The lowest BCUT2D eigenvalue weighted by molar-refractivity contribution is -0.126. The first-order valence-corrected chi connectivity index (χ1v) is 10.5. The first kappa shape index (κ1) is 19.4. The average molecular weight is 397 g/mol. The van der Waals surface area contributed by atoms with Crippen molar-refractivity contribution in [3.63, 3.8) is 0 Å². The summed E-state index contributed by atoms with van der Waals surface area (Å²) in [5.74, 6) is -0.00915. The largest absolute Gasteiger partial charge is 0.486 e. The number of nitrogens with zero attached hydrogens (tertiary/aromatic N) is 1. The molecule has 1 saturated heterocycles. The summed E-state index contributed by atoms with van der Waals surface area (Å²) < 4.78 is 36.0. The molecule has 0 unspecified atom stereocenters. The SMILES string of the molecule is CCS(=O)(=O)N1CCC(C(=O)NNC(=O)c2ccc3c(c2)OCCO3)CC1. The van der Waals surface area contributed by atoms with Crippen LogP contribution in [0.5, 0.6) is 11.5 Å². The first-order chi connectivity index (χ1) is 12.9. The van der Waals surface area contributed by atoms with Gasteiger partial charge in [-0.15, -0.1) is 0 Å². The summed E-state index contributed by atoms with van der Waals surface area (Å²) in [6.45, 7) is 3.10. The van der Waals surface area contributed by atoms with E-state index in [9.17, 15) is 18.0 Å². The van der Waals surface area contributed by atoms with Crippen LogP contribution in [0, 0.1) is 5.92 Å². The molecule has 9 nitrogen and oxygen atoms in total. The molecule has 0 bridgehead atoms. The van der Waals surface area contributed by atoms with Gasteiger partial charge in [0.1, 0.15) is 13.2 Å². The van der Waals surface area contributed by atoms with E-state index in [1.54, 1.807) is 25.1 Å². The van der Waals surface area contributed by atoms with Gasteiger partial charge in [0.2, 0.25) is 15.9 Å². The maximum atomic E-state index is 12.3. The molecule has 10 heteroatoms. The zero-order chi connectivity index (χ0) is 19.4. The summed E-state index contributed by atoms with van der Waals surface area (Å²) >= 11 is 0. The lowest BCUT2D eigenvalue weighted by atomic mass is 9.98. The highest BCUT2D eigenvalue weighted by atomic mass is 32.2. The van der Waals surface area contributed by atoms with E-state index in [4.69, 9.17) is 9.47 Å². The topological polar surface area (TPSA) is 114 Å². The normalized spacial score (nSPS) is 18.0. The molecule has 2 amide bonds. The highest BCUT2D eigenvalue weighted by molar-refractivity contribution is 7.89. The standard InChI is InChI=1S/C17H23N3O6S/c1-2-27(23,24)20-7-5-12(6-8-20)16(21)18-19-17(22)13-3-4-14-15(11-13)26-10-9-25-14/h3-4,11-12H,2,5-10H2,1H3,(H,18,21)(H,19,22). The molecule has 0 radical (unpaired) electrons. The van der Waals surface area contributed by atoms with Gasteiger partial charge in [0.15, 0.2) is 11.5 Å². The van der Waals surface area contributed by atoms with Crippen molar-refractivity contribution in [3.05, 3.63) is 23.8 Å². The van der Waals surface area contributed by atoms with Gasteiger partial charge < -0.3 is 9.47 Å². The van der Waals surface area contributed by atoms with E-state index in [-0.39, 0.29) is 17.6 Å². The monoisotopic (exact) mass is 397 g/mol. The summed E-state index contributed by atoms with van der Waals surface area (Å²) in [5, 5.41) is 0. The number of nitrogens with one attached hydrogen (secondary N) is 2. The molecule has 27 heavy (non-hydrogen) atoms. The molecular formula is C17H23N3O6S. The van der Waals surface area contributed by atoms with Crippen LogP contribution in [0.3, 0.4) is 0 Å². The Labute approximate surface area is 158 Å². The molecule has 1 fully saturated rings. The number of sulfonamides is 1. The van der Waals surface area contributed by atoms with E-state index in [0.29, 0.717) is 56.2 Å². The smallest absolute Gasteiger partial charge is 0.269 e. The lowest BCUT2D eigenvalue weighted by Gasteiger charge is -2.30. The quantitative estimate of drug-likeness (QED) is 0.706.